The molecule has 1 fully saturated rings. The number of hydrogen-bond acceptors (Lipinski definition) is 5. The van der Waals surface area contributed by atoms with Crippen LogP contribution in [0.3, 0.4) is 0 Å². The van der Waals surface area contributed by atoms with E-state index in [1.54, 1.807) is 18.2 Å². The number of benzene rings is 1. The minimum absolute atomic E-state index is 0.0202. The SMILES string of the molecule is NC(=O)c1ccccc1NC(=O)CC1CS(=O)(=O)CCN1. The van der Waals surface area contributed by atoms with Crippen molar-refractivity contribution in [1.82, 2.24) is 5.32 Å². The fourth-order valence-corrected chi connectivity index (χ4v) is 3.67. The van der Waals surface area contributed by atoms with Crippen molar-refractivity contribution in [1.29, 1.82) is 0 Å². The molecule has 1 heterocycles. The highest BCUT2D eigenvalue weighted by Gasteiger charge is 2.26. The lowest BCUT2D eigenvalue weighted by Gasteiger charge is -2.23. The molecule has 0 spiro atoms. The van der Waals surface area contributed by atoms with Gasteiger partial charge in [0, 0.05) is 19.0 Å². The smallest absolute Gasteiger partial charge is 0.250 e. The lowest BCUT2D eigenvalue weighted by atomic mass is 10.1. The first kappa shape index (κ1) is 15.5. The van der Waals surface area contributed by atoms with Crippen molar-refractivity contribution in [2.24, 2.45) is 5.73 Å². The highest BCUT2D eigenvalue weighted by Crippen LogP contribution is 2.15. The number of para-hydroxylation sites is 1. The second-order valence-corrected chi connectivity index (χ2v) is 7.16. The predicted octanol–water partition coefficient (Wildman–Crippen LogP) is -0.499. The van der Waals surface area contributed by atoms with Gasteiger partial charge < -0.3 is 16.4 Å². The van der Waals surface area contributed by atoms with Crippen LogP contribution in [0.2, 0.25) is 0 Å². The van der Waals surface area contributed by atoms with Gasteiger partial charge in [0.15, 0.2) is 9.84 Å². The van der Waals surface area contributed by atoms with Gasteiger partial charge in [-0.05, 0) is 12.1 Å². The van der Waals surface area contributed by atoms with Crippen molar-refractivity contribution in [2.45, 2.75) is 12.5 Å². The van der Waals surface area contributed by atoms with Crippen molar-refractivity contribution >= 4 is 27.3 Å². The molecule has 2 amide bonds. The topological polar surface area (TPSA) is 118 Å². The average Bonchev–Trinajstić information content (AvgIpc) is 2.37. The van der Waals surface area contributed by atoms with E-state index in [0.717, 1.165) is 0 Å². The number of nitrogens with two attached hydrogens (primary N) is 1. The van der Waals surface area contributed by atoms with Crippen LogP contribution in [0.1, 0.15) is 16.8 Å². The van der Waals surface area contributed by atoms with Gasteiger partial charge in [0.05, 0.1) is 22.8 Å². The molecule has 21 heavy (non-hydrogen) atoms. The van der Waals surface area contributed by atoms with E-state index in [2.05, 4.69) is 10.6 Å². The summed E-state index contributed by atoms with van der Waals surface area (Å²) in [5.74, 6) is -0.962. The molecular formula is C13H17N3O4S. The van der Waals surface area contributed by atoms with Crippen molar-refractivity contribution in [2.75, 3.05) is 23.4 Å². The van der Waals surface area contributed by atoms with Crippen LogP contribution in [0.25, 0.3) is 0 Å². The summed E-state index contributed by atoms with van der Waals surface area (Å²) < 4.78 is 23.0. The maximum absolute atomic E-state index is 12.0. The molecule has 1 aromatic carbocycles. The summed E-state index contributed by atoms with van der Waals surface area (Å²) >= 11 is 0. The second-order valence-electron chi connectivity index (χ2n) is 4.93. The van der Waals surface area contributed by atoms with E-state index in [4.69, 9.17) is 5.73 Å². The van der Waals surface area contributed by atoms with E-state index in [-0.39, 0.29) is 29.4 Å². The Hall–Kier alpha value is -1.93. The van der Waals surface area contributed by atoms with E-state index in [1.807, 2.05) is 0 Å². The number of anilines is 1. The van der Waals surface area contributed by atoms with Crippen LogP contribution in [0, 0.1) is 0 Å². The van der Waals surface area contributed by atoms with Crippen LogP contribution in [0.15, 0.2) is 24.3 Å². The number of carbonyl (C=O) groups excluding carboxylic acids is 2. The lowest BCUT2D eigenvalue weighted by Crippen LogP contribution is -2.46. The summed E-state index contributed by atoms with van der Waals surface area (Å²) in [6, 6.07) is 5.99. The van der Waals surface area contributed by atoms with Gasteiger partial charge >= 0.3 is 0 Å². The number of primary amides is 1. The van der Waals surface area contributed by atoms with Gasteiger partial charge in [0.2, 0.25) is 5.91 Å². The summed E-state index contributed by atoms with van der Waals surface area (Å²) in [7, 11) is -3.09. The quantitative estimate of drug-likeness (QED) is 0.693. The summed E-state index contributed by atoms with van der Waals surface area (Å²) in [5.41, 5.74) is 5.77. The van der Waals surface area contributed by atoms with E-state index in [9.17, 15) is 18.0 Å². The van der Waals surface area contributed by atoms with Crippen molar-refractivity contribution in [3.63, 3.8) is 0 Å². The van der Waals surface area contributed by atoms with Crippen LogP contribution in [0.4, 0.5) is 5.69 Å². The van der Waals surface area contributed by atoms with Gasteiger partial charge in [0.25, 0.3) is 5.91 Å². The van der Waals surface area contributed by atoms with Gasteiger partial charge in [-0.2, -0.15) is 0 Å². The van der Waals surface area contributed by atoms with Gasteiger partial charge in [-0.1, -0.05) is 12.1 Å². The Balaban J connectivity index is 2.01. The zero-order valence-electron chi connectivity index (χ0n) is 11.3. The molecule has 0 aliphatic carbocycles. The molecule has 0 aromatic heterocycles. The van der Waals surface area contributed by atoms with E-state index in [1.165, 1.54) is 6.07 Å². The number of amides is 2. The van der Waals surface area contributed by atoms with E-state index >= 15 is 0 Å². The molecule has 0 bridgehead atoms. The molecule has 1 atom stereocenters. The van der Waals surface area contributed by atoms with Crippen LogP contribution in [-0.2, 0) is 14.6 Å². The molecule has 8 heteroatoms. The second kappa shape index (κ2) is 6.23. The van der Waals surface area contributed by atoms with Gasteiger partial charge in [-0.25, -0.2) is 8.42 Å². The predicted molar refractivity (Wildman–Crippen MR) is 78.7 cm³/mol. The Morgan fingerprint density at radius 2 is 2.05 bits per heavy atom. The Kier molecular flexibility index (Phi) is 4.59. The summed E-state index contributed by atoms with van der Waals surface area (Å²) in [6.45, 7) is 0.345. The van der Waals surface area contributed by atoms with Gasteiger partial charge in [0.1, 0.15) is 0 Å². The van der Waals surface area contributed by atoms with E-state index < -0.39 is 21.8 Å². The average molecular weight is 311 g/mol. The largest absolute Gasteiger partial charge is 0.366 e. The summed E-state index contributed by atoms with van der Waals surface area (Å²) in [4.78, 5) is 23.2. The Labute approximate surface area is 122 Å². The molecule has 1 unspecified atom stereocenters. The molecule has 0 saturated carbocycles. The molecule has 7 nitrogen and oxygen atoms in total. The first-order valence-corrected chi connectivity index (χ1v) is 8.32. The monoisotopic (exact) mass is 311 g/mol. The zero-order chi connectivity index (χ0) is 15.5. The fraction of sp³-hybridized carbons (Fsp3) is 0.385. The summed E-state index contributed by atoms with van der Waals surface area (Å²) in [5, 5.41) is 5.59. The number of hydrogen-bond donors (Lipinski definition) is 3. The van der Waals surface area contributed by atoms with Crippen LogP contribution >= 0.6 is 0 Å². The normalized spacial score (nSPS) is 20.7. The molecular weight excluding hydrogens is 294 g/mol. The fourth-order valence-electron chi connectivity index (χ4n) is 2.23. The number of nitrogens with one attached hydrogen (secondary N) is 2. The molecule has 1 saturated heterocycles. The van der Waals surface area contributed by atoms with Crippen molar-refractivity contribution in [3.05, 3.63) is 29.8 Å². The van der Waals surface area contributed by atoms with E-state index in [0.29, 0.717) is 12.2 Å². The first-order chi connectivity index (χ1) is 9.87. The third-order valence-electron chi connectivity index (χ3n) is 3.20. The number of rotatable bonds is 4. The summed E-state index contributed by atoms with van der Waals surface area (Å²) in [6.07, 6.45) is 0.0202. The third-order valence-corrected chi connectivity index (χ3v) is 4.94. The number of sulfone groups is 1. The molecule has 0 radical (unpaired) electrons. The maximum atomic E-state index is 12.0. The third kappa shape index (κ3) is 4.27. The standard InChI is InChI=1S/C13H17N3O4S/c14-13(18)10-3-1-2-4-11(10)16-12(17)7-9-8-21(19,20)6-5-15-9/h1-4,9,15H,5-8H2,(H2,14,18)(H,16,17). The Bertz CT molecular complexity index is 657. The van der Waals surface area contributed by atoms with Crippen LogP contribution in [0.5, 0.6) is 0 Å². The minimum atomic E-state index is -3.09. The van der Waals surface area contributed by atoms with Gasteiger partial charge in [-0.15, -0.1) is 0 Å². The molecule has 1 aromatic rings. The van der Waals surface area contributed by atoms with Crippen LogP contribution in [-0.4, -0.2) is 44.3 Å². The molecule has 1 aliphatic heterocycles. The highest BCUT2D eigenvalue weighted by atomic mass is 32.2. The first-order valence-electron chi connectivity index (χ1n) is 6.50. The van der Waals surface area contributed by atoms with Gasteiger partial charge in [-0.3, -0.25) is 9.59 Å². The van der Waals surface area contributed by atoms with Crippen LogP contribution < -0.4 is 16.4 Å². The highest BCUT2D eigenvalue weighted by molar-refractivity contribution is 7.91. The van der Waals surface area contributed by atoms with Crippen molar-refractivity contribution in [3.8, 4) is 0 Å². The molecule has 1 aliphatic rings. The minimum Gasteiger partial charge on any atom is -0.366 e. The zero-order valence-corrected chi connectivity index (χ0v) is 12.2. The maximum Gasteiger partial charge on any atom is 0.250 e. The van der Waals surface area contributed by atoms with Crippen molar-refractivity contribution < 1.29 is 18.0 Å². The molecule has 114 valence electrons. The molecule has 2 rings (SSSR count). The molecule has 4 N–H and O–H groups in total. The number of carbonyl (C=O) groups is 2. The Morgan fingerprint density at radius 3 is 2.71 bits per heavy atom. The Morgan fingerprint density at radius 1 is 1.33 bits per heavy atom. The lowest BCUT2D eigenvalue weighted by molar-refractivity contribution is -0.116.